The number of rotatable bonds is 5. The van der Waals surface area contributed by atoms with Gasteiger partial charge in [0, 0.05) is 30.2 Å². The second kappa shape index (κ2) is 8.73. The highest BCUT2D eigenvalue weighted by Gasteiger charge is 2.12. The Morgan fingerprint density at radius 1 is 0.880 bits per heavy atom. The van der Waals surface area contributed by atoms with Crippen LogP contribution in [0.15, 0.2) is 48.5 Å². The Morgan fingerprint density at radius 2 is 1.52 bits per heavy atom. The second-order valence-corrected chi connectivity index (χ2v) is 5.58. The number of hydrogen-bond donors (Lipinski definition) is 3. The lowest BCUT2D eigenvalue weighted by Crippen LogP contribution is -2.34. The number of benzene rings is 2. The molecule has 0 saturated heterocycles. The molecule has 0 aliphatic rings. The predicted molar refractivity (Wildman–Crippen MR) is 102 cm³/mol. The maximum Gasteiger partial charge on any atom is 0.323 e. The van der Waals surface area contributed by atoms with Crippen LogP contribution in [0.5, 0.6) is 0 Å². The highest BCUT2D eigenvalue weighted by atomic mass is 16.2. The largest absolute Gasteiger partial charge is 0.325 e. The monoisotopic (exact) mass is 340 g/mol. The fourth-order valence-electron chi connectivity index (χ4n) is 2.35. The van der Waals surface area contributed by atoms with Crippen molar-refractivity contribution < 1.29 is 9.59 Å². The summed E-state index contributed by atoms with van der Waals surface area (Å²) in [5, 5.41) is 8.42. The number of nitrogens with zero attached hydrogens (tertiary/aromatic N) is 1. The summed E-state index contributed by atoms with van der Waals surface area (Å²) >= 11 is 0. The van der Waals surface area contributed by atoms with E-state index in [2.05, 4.69) is 16.0 Å². The van der Waals surface area contributed by atoms with Gasteiger partial charge in [0.05, 0.1) is 0 Å². The summed E-state index contributed by atoms with van der Waals surface area (Å²) in [7, 11) is 0. The number of anilines is 3. The number of hydrogen-bond acceptors (Lipinski definition) is 2. The van der Waals surface area contributed by atoms with Gasteiger partial charge in [-0.05, 0) is 50.6 Å². The van der Waals surface area contributed by atoms with Crippen LogP contribution in [0.4, 0.5) is 26.7 Å². The number of amides is 4. The van der Waals surface area contributed by atoms with Crippen LogP contribution in [0.25, 0.3) is 0 Å². The van der Waals surface area contributed by atoms with Crippen molar-refractivity contribution in [2.45, 2.75) is 20.8 Å². The van der Waals surface area contributed by atoms with Gasteiger partial charge in [-0.3, -0.25) is 0 Å². The van der Waals surface area contributed by atoms with E-state index < -0.39 is 0 Å². The Morgan fingerprint density at radius 3 is 2.16 bits per heavy atom. The number of nitrogens with one attached hydrogen (secondary N) is 3. The maximum absolute atomic E-state index is 12.2. The number of urea groups is 2. The minimum atomic E-state index is -0.337. The van der Waals surface area contributed by atoms with Crippen molar-refractivity contribution in [3.8, 4) is 0 Å². The van der Waals surface area contributed by atoms with E-state index in [1.54, 1.807) is 17.0 Å². The molecule has 4 amide bonds. The molecular weight excluding hydrogens is 316 g/mol. The normalized spacial score (nSPS) is 10.0. The number of carbonyl (C=O) groups is 2. The van der Waals surface area contributed by atoms with Crippen LogP contribution in [0.3, 0.4) is 0 Å². The maximum atomic E-state index is 12.2. The quantitative estimate of drug-likeness (QED) is 0.749. The molecule has 0 heterocycles. The van der Waals surface area contributed by atoms with E-state index in [-0.39, 0.29) is 12.1 Å². The van der Waals surface area contributed by atoms with Gasteiger partial charge in [0.2, 0.25) is 0 Å². The molecule has 0 unspecified atom stereocenters. The highest BCUT2D eigenvalue weighted by molar-refractivity contribution is 6.00. The van der Waals surface area contributed by atoms with Crippen molar-refractivity contribution >= 4 is 29.1 Å². The van der Waals surface area contributed by atoms with Gasteiger partial charge in [-0.25, -0.2) is 9.59 Å². The van der Waals surface area contributed by atoms with Gasteiger partial charge in [0.25, 0.3) is 0 Å². The minimum Gasteiger partial charge on any atom is -0.325 e. The number of aryl methyl sites for hydroxylation is 1. The summed E-state index contributed by atoms with van der Waals surface area (Å²) in [4.78, 5) is 26.0. The van der Waals surface area contributed by atoms with Crippen molar-refractivity contribution in [1.82, 2.24) is 4.90 Å². The highest BCUT2D eigenvalue weighted by Crippen LogP contribution is 2.21. The van der Waals surface area contributed by atoms with Crippen molar-refractivity contribution in [2.75, 3.05) is 29.0 Å². The molecule has 25 heavy (non-hydrogen) atoms. The average Bonchev–Trinajstić information content (AvgIpc) is 2.60. The molecule has 3 N–H and O–H groups in total. The van der Waals surface area contributed by atoms with E-state index in [1.807, 2.05) is 57.2 Å². The molecule has 0 atom stereocenters. The third-order valence-electron chi connectivity index (χ3n) is 3.82. The van der Waals surface area contributed by atoms with Gasteiger partial charge in [-0.2, -0.15) is 0 Å². The summed E-state index contributed by atoms with van der Waals surface area (Å²) in [5.41, 5.74) is 2.92. The van der Waals surface area contributed by atoms with Crippen LogP contribution in [0.2, 0.25) is 0 Å². The SMILES string of the molecule is CCN(CC)C(=O)Nc1cc(NC(=O)Nc2ccccc2)ccc1C. The second-order valence-electron chi connectivity index (χ2n) is 5.58. The summed E-state index contributed by atoms with van der Waals surface area (Å²) < 4.78 is 0. The lowest BCUT2D eigenvalue weighted by Gasteiger charge is -2.20. The van der Waals surface area contributed by atoms with Gasteiger partial charge >= 0.3 is 12.1 Å². The Balaban J connectivity index is 2.05. The first-order chi connectivity index (χ1) is 12.0. The van der Waals surface area contributed by atoms with Crippen LogP contribution in [-0.2, 0) is 0 Å². The molecule has 132 valence electrons. The Labute approximate surface area is 148 Å². The third kappa shape index (κ3) is 5.24. The summed E-state index contributed by atoms with van der Waals surface area (Å²) in [6, 6.07) is 14.1. The predicted octanol–water partition coefficient (Wildman–Crippen LogP) is 4.51. The van der Waals surface area contributed by atoms with Crippen LogP contribution in [0, 0.1) is 6.92 Å². The third-order valence-corrected chi connectivity index (χ3v) is 3.82. The van der Waals surface area contributed by atoms with E-state index >= 15 is 0 Å². The van der Waals surface area contributed by atoms with Crippen LogP contribution in [-0.4, -0.2) is 30.1 Å². The van der Waals surface area contributed by atoms with Crippen LogP contribution >= 0.6 is 0 Å². The van der Waals surface area contributed by atoms with E-state index in [1.165, 1.54) is 0 Å². The van der Waals surface area contributed by atoms with Crippen LogP contribution < -0.4 is 16.0 Å². The van der Waals surface area contributed by atoms with Gasteiger partial charge in [-0.15, -0.1) is 0 Å². The van der Waals surface area contributed by atoms with Gasteiger partial charge in [0.15, 0.2) is 0 Å². The molecule has 2 aromatic carbocycles. The first-order valence-corrected chi connectivity index (χ1v) is 8.33. The Kier molecular flexibility index (Phi) is 6.39. The first-order valence-electron chi connectivity index (χ1n) is 8.33. The van der Waals surface area contributed by atoms with E-state index in [9.17, 15) is 9.59 Å². The molecular formula is C19H24N4O2. The van der Waals surface area contributed by atoms with E-state index in [0.29, 0.717) is 30.2 Å². The molecule has 0 fully saturated rings. The standard InChI is InChI=1S/C19H24N4O2/c1-4-23(5-2)19(25)22-17-13-16(12-11-14(17)3)21-18(24)20-15-9-7-6-8-10-15/h6-13H,4-5H2,1-3H3,(H,22,25)(H2,20,21,24). The average molecular weight is 340 g/mol. The molecule has 0 saturated carbocycles. The summed E-state index contributed by atoms with van der Waals surface area (Å²) in [5.74, 6) is 0. The molecule has 0 aromatic heterocycles. The zero-order valence-corrected chi connectivity index (χ0v) is 14.8. The Hall–Kier alpha value is -3.02. The van der Waals surface area contributed by atoms with Crippen LogP contribution in [0.1, 0.15) is 19.4 Å². The summed E-state index contributed by atoms with van der Waals surface area (Å²) in [6.07, 6.45) is 0. The number of carbonyl (C=O) groups excluding carboxylic acids is 2. The molecule has 6 heteroatoms. The van der Waals surface area contributed by atoms with E-state index in [0.717, 1.165) is 5.56 Å². The minimum absolute atomic E-state index is 0.154. The molecule has 0 aliphatic carbocycles. The zero-order valence-electron chi connectivity index (χ0n) is 14.8. The zero-order chi connectivity index (χ0) is 18.2. The van der Waals surface area contributed by atoms with E-state index in [4.69, 9.17) is 0 Å². The van der Waals surface area contributed by atoms with Crippen molar-refractivity contribution in [2.24, 2.45) is 0 Å². The van der Waals surface area contributed by atoms with Crippen molar-refractivity contribution in [1.29, 1.82) is 0 Å². The van der Waals surface area contributed by atoms with Gasteiger partial charge < -0.3 is 20.9 Å². The number of para-hydroxylation sites is 1. The van der Waals surface area contributed by atoms with Gasteiger partial charge in [0.1, 0.15) is 0 Å². The fourth-order valence-corrected chi connectivity index (χ4v) is 2.35. The smallest absolute Gasteiger partial charge is 0.323 e. The summed E-state index contributed by atoms with van der Waals surface area (Å²) in [6.45, 7) is 7.05. The molecule has 0 radical (unpaired) electrons. The molecule has 2 aromatic rings. The molecule has 2 rings (SSSR count). The lowest BCUT2D eigenvalue weighted by molar-refractivity contribution is 0.217. The van der Waals surface area contributed by atoms with Crippen molar-refractivity contribution in [3.05, 3.63) is 54.1 Å². The lowest BCUT2D eigenvalue weighted by atomic mass is 10.2. The topological polar surface area (TPSA) is 73.5 Å². The molecule has 0 aliphatic heterocycles. The molecule has 0 spiro atoms. The first kappa shape index (κ1) is 18.3. The fraction of sp³-hybridized carbons (Fsp3) is 0.263. The van der Waals surface area contributed by atoms with Gasteiger partial charge in [-0.1, -0.05) is 24.3 Å². The molecule has 0 bridgehead atoms. The van der Waals surface area contributed by atoms with Crippen molar-refractivity contribution in [3.63, 3.8) is 0 Å². The Bertz CT molecular complexity index is 727. The molecule has 6 nitrogen and oxygen atoms in total.